The summed E-state index contributed by atoms with van der Waals surface area (Å²) < 4.78 is 0. The summed E-state index contributed by atoms with van der Waals surface area (Å²) in [5.74, 6) is -0.186. The normalized spacial score (nSPS) is 12.2. The van der Waals surface area contributed by atoms with Crippen LogP contribution in [0.4, 0.5) is 5.82 Å². The highest BCUT2D eigenvalue weighted by molar-refractivity contribution is 6.28. The van der Waals surface area contributed by atoms with Crippen molar-refractivity contribution >= 4 is 23.3 Å². The summed E-state index contributed by atoms with van der Waals surface area (Å²) in [6, 6.07) is 0.189. The summed E-state index contributed by atoms with van der Waals surface area (Å²) in [4.78, 5) is 18.7. The molecule has 6 heteroatoms. The molecule has 0 saturated carbocycles. The number of carbonyl (C=O) groups is 1. The molecule has 5 nitrogen and oxygen atoms in total. The zero-order chi connectivity index (χ0) is 11.4. The van der Waals surface area contributed by atoms with Crippen LogP contribution >= 0.6 is 11.6 Å². The van der Waals surface area contributed by atoms with Gasteiger partial charge in [0.15, 0.2) is 0 Å². The molecule has 1 amide bonds. The highest BCUT2D eigenvalue weighted by Crippen LogP contribution is 2.15. The minimum absolute atomic E-state index is 0.0887. The number of rotatable bonds is 4. The second-order valence-corrected chi connectivity index (χ2v) is 3.56. The topological polar surface area (TPSA) is 80.9 Å². The van der Waals surface area contributed by atoms with E-state index in [0.717, 1.165) is 6.42 Å². The van der Waals surface area contributed by atoms with Crippen LogP contribution in [-0.4, -0.2) is 21.9 Å². The van der Waals surface area contributed by atoms with Gasteiger partial charge in [0.1, 0.15) is 5.82 Å². The van der Waals surface area contributed by atoms with Gasteiger partial charge in [0.2, 0.25) is 5.28 Å². The zero-order valence-corrected chi connectivity index (χ0v) is 9.38. The molecule has 15 heavy (non-hydrogen) atoms. The lowest BCUT2D eigenvalue weighted by Gasteiger charge is -2.13. The quantitative estimate of drug-likeness (QED) is 0.765. The molecule has 0 saturated heterocycles. The van der Waals surface area contributed by atoms with Crippen LogP contribution in [0, 0.1) is 0 Å². The minimum atomic E-state index is -0.572. The molecule has 0 spiro atoms. The second-order valence-electron chi connectivity index (χ2n) is 3.22. The van der Waals surface area contributed by atoms with Gasteiger partial charge < -0.3 is 11.1 Å². The molecule has 1 atom stereocenters. The molecule has 0 aliphatic rings. The maximum absolute atomic E-state index is 11.1. The zero-order valence-electron chi connectivity index (χ0n) is 8.62. The number of hydrogen-bond donors (Lipinski definition) is 2. The van der Waals surface area contributed by atoms with Crippen LogP contribution in [0.25, 0.3) is 0 Å². The van der Waals surface area contributed by atoms with E-state index in [-0.39, 0.29) is 16.9 Å². The number of carbonyl (C=O) groups excluding carboxylic acids is 1. The first-order chi connectivity index (χ1) is 7.04. The number of primary amides is 1. The molecule has 1 aromatic rings. The van der Waals surface area contributed by atoms with Crippen molar-refractivity contribution < 1.29 is 4.79 Å². The molecule has 1 rings (SSSR count). The van der Waals surface area contributed by atoms with Gasteiger partial charge >= 0.3 is 0 Å². The first kappa shape index (κ1) is 11.7. The van der Waals surface area contributed by atoms with Gasteiger partial charge in [-0.3, -0.25) is 4.79 Å². The van der Waals surface area contributed by atoms with Gasteiger partial charge in [-0.15, -0.1) is 0 Å². The Bertz CT molecular complexity index is 369. The second kappa shape index (κ2) is 4.93. The van der Waals surface area contributed by atoms with Crippen LogP contribution < -0.4 is 11.1 Å². The highest BCUT2D eigenvalue weighted by atomic mass is 35.5. The Balaban J connectivity index is 3.02. The van der Waals surface area contributed by atoms with Crippen molar-refractivity contribution in [1.82, 2.24) is 9.97 Å². The maximum Gasteiger partial charge on any atom is 0.254 e. The fourth-order valence-electron chi connectivity index (χ4n) is 0.986. The van der Waals surface area contributed by atoms with Gasteiger partial charge in [0.05, 0.1) is 5.56 Å². The lowest BCUT2D eigenvalue weighted by atomic mass is 10.2. The van der Waals surface area contributed by atoms with E-state index in [1.807, 2.05) is 13.8 Å². The van der Waals surface area contributed by atoms with Crippen molar-refractivity contribution in [2.24, 2.45) is 5.73 Å². The Kier molecular flexibility index (Phi) is 3.85. The molecule has 82 valence electrons. The summed E-state index contributed by atoms with van der Waals surface area (Å²) in [7, 11) is 0. The average molecular weight is 229 g/mol. The van der Waals surface area contributed by atoms with Crippen LogP contribution in [0.15, 0.2) is 6.20 Å². The highest BCUT2D eigenvalue weighted by Gasteiger charge is 2.12. The van der Waals surface area contributed by atoms with Crippen LogP contribution in [0.1, 0.15) is 30.6 Å². The Morgan fingerprint density at radius 3 is 2.93 bits per heavy atom. The molecule has 3 N–H and O–H groups in total. The Hall–Kier alpha value is -1.36. The maximum atomic E-state index is 11.1. The fraction of sp³-hybridized carbons (Fsp3) is 0.444. The van der Waals surface area contributed by atoms with Crippen molar-refractivity contribution in [3.8, 4) is 0 Å². The third kappa shape index (κ3) is 3.06. The first-order valence-electron chi connectivity index (χ1n) is 4.63. The molecule has 0 bridgehead atoms. The lowest BCUT2D eigenvalue weighted by molar-refractivity contribution is 0.100. The number of aromatic nitrogens is 2. The van der Waals surface area contributed by atoms with Gasteiger partial charge in [0, 0.05) is 12.2 Å². The van der Waals surface area contributed by atoms with Crippen molar-refractivity contribution in [2.45, 2.75) is 26.3 Å². The van der Waals surface area contributed by atoms with Crippen LogP contribution in [0.2, 0.25) is 5.28 Å². The number of nitrogens with two attached hydrogens (primary N) is 1. The third-order valence-corrected chi connectivity index (χ3v) is 2.20. The van der Waals surface area contributed by atoms with Gasteiger partial charge in [-0.2, -0.15) is 4.98 Å². The molecule has 0 unspecified atom stereocenters. The monoisotopic (exact) mass is 228 g/mol. The summed E-state index contributed by atoms with van der Waals surface area (Å²) >= 11 is 5.63. The Labute approximate surface area is 93.0 Å². The predicted molar refractivity (Wildman–Crippen MR) is 58.9 cm³/mol. The summed E-state index contributed by atoms with van der Waals surface area (Å²) in [5, 5.41) is 3.13. The number of anilines is 1. The Morgan fingerprint density at radius 2 is 2.40 bits per heavy atom. The molecule has 1 aromatic heterocycles. The molecule has 0 fully saturated rings. The molecule has 0 aliphatic carbocycles. The van der Waals surface area contributed by atoms with Crippen molar-refractivity contribution in [3.05, 3.63) is 17.0 Å². The number of nitrogens with one attached hydrogen (secondary N) is 1. The number of nitrogens with zero attached hydrogens (tertiary/aromatic N) is 2. The summed E-state index contributed by atoms with van der Waals surface area (Å²) in [5.41, 5.74) is 5.43. The van der Waals surface area contributed by atoms with Gasteiger partial charge in [0.25, 0.3) is 5.91 Å². The smallest absolute Gasteiger partial charge is 0.254 e. The number of amides is 1. The molecule has 0 aromatic carbocycles. The molecule has 1 heterocycles. The largest absolute Gasteiger partial charge is 0.367 e. The van der Waals surface area contributed by atoms with Gasteiger partial charge in [-0.1, -0.05) is 6.92 Å². The van der Waals surface area contributed by atoms with E-state index in [4.69, 9.17) is 17.3 Å². The summed E-state index contributed by atoms with van der Waals surface area (Å²) in [6.45, 7) is 3.99. The van der Waals surface area contributed by atoms with E-state index in [9.17, 15) is 4.79 Å². The van der Waals surface area contributed by atoms with Crippen LogP contribution in [0.3, 0.4) is 0 Å². The van der Waals surface area contributed by atoms with Gasteiger partial charge in [-0.25, -0.2) is 4.98 Å². The average Bonchev–Trinajstić information content (AvgIpc) is 2.17. The van der Waals surface area contributed by atoms with Crippen LogP contribution in [0.5, 0.6) is 0 Å². The number of halogens is 1. The third-order valence-electron chi connectivity index (χ3n) is 2.02. The van der Waals surface area contributed by atoms with E-state index >= 15 is 0 Å². The summed E-state index contributed by atoms with van der Waals surface area (Å²) in [6.07, 6.45) is 2.22. The van der Waals surface area contributed by atoms with E-state index in [2.05, 4.69) is 15.3 Å². The van der Waals surface area contributed by atoms with Gasteiger partial charge in [-0.05, 0) is 24.9 Å². The molecular formula is C9H13ClN4O. The van der Waals surface area contributed by atoms with Crippen LogP contribution in [-0.2, 0) is 0 Å². The van der Waals surface area contributed by atoms with E-state index < -0.39 is 5.91 Å². The van der Waals surface area contributed by atoms with Crippen molar-refractivity contribution in [3.63, 3.8) is 0 Å². The predicted octanol–water partition coefficient (Wildman–Crippen LogP) is 1.44. The van der Waals surface area contributed by atoms with Crippen molar-refractivity contribution in [2.75, 3.05) is 5.32 Å². The lowest BCUT2D eigenvalue weighted by Crippen LogP contribution is -2.20. The SMILES string of the molecule is CC[C@H](C)Nc1nc(Cl)ncc1C(N)=O. The van der Waals surface area contributed by atoms with E-state index in [1.54, 1.807) is 0 Å². The van der Waals surface area contributed by atoms with Crippen molar-refractivity contribution in [1.29, 1.82) is 0 Å². The number of hydrogen-bond acceptors (Lipinski definition) is 4. The minimum Gasteiger partial charge on any atom is -0.367 e. The molecular weight excluding hydrogens is 216 g/mol. The Morgan fingerprint density at radius 1 is 1.73 bits per heavy atom. The standard InChI is InChI=1S/C9H13ClN4O/c1-3-5(2)13-8-6(7(11)15)4-12-9(10)14-8/h4-5H,3H2,1-2H3,(H2,11,15)(H,12,13,14)/t5-/m0/s1. The molecule has 0 radical (unpaired) electrons. The fourth-order valence-corrected chi connectivity index (χ4v) is 1.12. The molecule has 0 aliphatic heterocycles. The first-order valence-corrected chi connectivity index (χ1v) is 5.01. The van der Waals surface area contributed by atoms with E-state index in [1.165, 1.54) is 6.20 Å². The van der Waals surface area contributed by atoms with E-state index in [0.29, 0.717) is 5.82 Å².